The highest BCUT2D eigenvalue weighted by Crippen LogP contribution is 2.38. The number of benzene rings is 2. The second-order valence-corrected chi connectivity index (χ2v) is 7.71. The Balaban J connectivity index is 1.39. The third-order valence-corrected chi connectivity index (χ3v) is 5.77. The number of hydrogen-bond acceptors (Lipinski definition) is 9. The molecule has 1 aliphatic heterocycles. The Morgan fingerprint density at radius 1 is 0.912 bits per heavy atom. The Labute approximate surface area is 195 Å². The van der Waals surface area contributed by atoms with E-state index in [-0.39, 0.29) is 17.4 Å². The fourth-order valence-corrected chi connectivity index (χ4v) is 4.05. The topological polar surface area (TPSA) is 107 Å². The summed E-state index contributed by atoms with van der Waals surface area (Å²) in [6, 6.07) is 17.0. The Bertz CT molecular complexity index is 1320. The molecule has 172 valence electrons. The van der Waals surface area contributed by atoms with Crippen molar-refractivity contribution in [1.82, 2.24) is 15.0 Å². The van der Waals surface area contributed by atoms with Crippen LogP contribution in [-0.4, -0.2) is 53.2 Å². The number of rotatable bonds is 6. The van der Waals surface area contributed by atoms with Crippen LogP contribution in [0.1, 0.15) is 0 Å². The maximum absolute atomic E-state index is 12.1. The molecule has 0 spiro atoms. The van der Waals surface area contributed by atoms with Gasteiger partial charge in [0.05, 0.1) is 12.0 Å². The van der Waals surface area contributed by atoms with Crippen LogP contribution in [0.3, 0.4) is 0 Å². The average Bonchev–Trinajstić information content (AvgIpc) is 2.89. The van der Waals surface area contributed by atoms with Crippen LogP contribution >= 0.6 is 0 Å². The summed E-state index contributed by atoms with van der Waals surface area (Å²) in [4.78, 5) is 28.4. The first-order valence-electron chi connectivity index (χ1n) is 10.8. The molecule has 0 unspecified atom stereocenters. The summed E-state index contributed by atoms with van der Waals surface area (Å²) < 4.78 is 11.1. The highest BCUT2D eigenvalue weighted by atomic mass is 16.6. The van der Waals surface area contributed by atoms with E-state index < -0.39 is 4.92 Å². The summed E-state index contributed by atoms with van der Waals surface area (Å²) in [5.41, 5.74) is 1.42. The van der Waals surface area contributed by atoms with Crippen molar-refractivity contribution in [3.8, 4) is 17.4 Å². The molecule has 0 bridgehead atoms. The first-order chi connectivity index (χ1) is 16.6. The van der Waals surface area contributed by atoms with E-state index in [9.17, 15) is 10.1 Å². The van der Waals surface area contributed by atoms with E-state index in [1.165, 1.54) is 6.33 Å². The van der Waals surface area contributed by atoms with E-state index in [4.69, 9.17) is 9.47 Å². The van der Waals surface area contributed by atoms with Crippen molar-refractivity contribution < 1.29 is 14.4 Å². The molecule has 0 amide bonds. The maximum Gasteiger partial charge on any atom is 0.373 e. The zero-order valence-corrected chi connectivity index (χ0v) is 18.5. The summed E-state index contributed by atoms with van der Waals surface area (Å²) in [6.07, 6.45) is 2.95. The number of anilines is 2. The number of pyridine rings is 1. The average molecular weight is 458 g/mol. The molecule has 0 saturated carbocycles. The van der Waals surface area contributed by atoms with Crippen LogP contribution in [-0.2, 0) is 0 Å². The monoisotopic (exact) mass is 458 g/mol. The normalized spacial score (nSPS) is 13.7. The number of fused-ring (bicyclic) bond motifs is 1. The van der Waals surface area contributed by atoms with Crippen LogP contribution in [0.4, 0.5) is 17.2 Å². The van der Waals surface area contributed by atoms with Crippen LogP contribution in [0.15, 0.2) is 67.1 Å². The lowest BCUT2D eigenvalue weighted by molar-refractivity contribution is -0.385. The lowest BCUT2D eigenvalue weighted by atomic mass is 10.2. The minimum Gasteiger partial charge on any atom is -0.497 e. The second-order valence-electron chi connectivity index (χ2n) is 7.71. The van der Waals surface area contributed by atoms with Crippen LogP contribution < -0.4 is 19.3 Å². The van der Waals surface area contributed by atoms with Crippen LogP contribution in [0, 0.1) is 10.1 Å². The van der Waals surface area contributed by atoms with Gasteiger partial charge in [0, 0.05) is 43.4 Å². The Kier molecular flexibility index (Phi) is 5.77. The van der Waals surface area contributed by atoms with Crippen LogP contribution in [0.5, 0.6) is 17.4 Å². The molecule has 10 nitrogen and oxygen atoms in total. The highest BCUT2D eigenvalue weighted by Gasteiger charge is 2.31. The molecular formula is C24H22N6O4. The minimum absolute atomic E-state index is 0.106. The van der Waals surface area contributed by atoms with Crippen molar-refractivity contribution in [3.05, 3.63) is 77.2 Å². The van der Waals surface area contributed by atoms with Gasteiger partial charge in [-0.3, -0.25) is 15.1 Å². The third-order valence-electron chi connectivity index (χ3n) is 5.77. The van der Waals surface area contributed by atoms with Crippen LogP contribution in [0.2, 0.25) is 0 Å². The van der Waals surface area contributed by atoms with Gasteiger partial charge in [-0.2, -0.15) is 4.98 Å². The van der Waals surface area contributed by atoms with E-state index >= 15 is 0 Å². The van der Waals surface area contributed by atoms with Gasteiger partial charge < -0.3 is 19.3 Å². The van der Waals surface area contributed by atoms with Crippen molar-refractivity contribution in [2.24, 2.45) is 0 Å². The molecule has 0 N–H and O–H groups in total. The number of nitrogens with zero attached hydrogens (tertiary/aromatic N) is 6. The Morgan fingerprint density at radius 3 is 2.38 bits per heavy atom. The number of methoxy groups -OCH3 is 1. The summed E-state index contributed by atoms with van der Waals surface area (Å²) in [5.74, 6) is 1.34. The predicted octanol–water partition coefficient (Wildman–Crippen LogP) is 4.06. The van der Waals surface area contributed by atoms with Crippen molar-refractivity contribution >= 4 is 28.1 Å². The zero-order chi connectivity index (χ0) is 23.5. The summed E-state index contributed by atoms with van der Waals surface area (Å²) in [7, 11) is 1.64. The molecule has 2 aromatic heterocycles. The second kappa shape index (κ2) is 9.18. The smallest absolute Gasteiger partial charge is 0.373 e. The van der Waals surface area contributed by atoms with Gasteiger partial charge in [-0.25, -0.2) is 4.98 Å². The summed E-state index contributed by atoms with van der Waals surface area (Å²) in [5, 5.41) is 12.9. The molecule has 2 aromatic carbocycles. The van der Waals surface area contributed by atoms with Crippen molar-refractivity contribution in [1.29, 1.82) is 0 Å². The minimum atomic E-state index is -0.487. The van der Waals surface area contributed by atoms with E-state index in [1.54, 1.807) is 19.4 Å². The van der Waals surface area contributed by atoms with Gasteiger partial charge in [-0.15, -0.1) is 0 Å². The number of aromatic nitrogens is 3. The molecule has 5 rings (SSSR count). The molecular weight excluding hydrogens is 436 g/mol. The lowest BCUT2D eigenvalue weighted by Gasteiger charge is -2.36. The Hall–Kier alpha value is -4.47. The number of piperazine rings is 1. The predicted molar refractivity (Wildman–Crippen MR) is 128 cm³/mol. The molecule has 34 heavy (non-hydrogen) atoms. The van der Waals surface area contributed by atoms with Gasteiger partial charge in [0.1, 0.15) is 17.6 Å². The van der Waals surface area contributed by atoms with Gasteiger partial charge >= 0.3 is 11.6 Å². The van der Waals surface area contributed by atoms with E-state index in [1.807, 2.05) is 53.4 Å². The molecule has 4 aromatic rings. The highest BCUT2D eigenvalue weighted by molar-refractivity contribution is 5.84. The lowest BCUT2D eigenvalue weighted by Crippen LogP contribution is -2.47. The molecule has 1 fully saturated rings. The summed E-state index contributed by atoms with van der Waals surface area (Å²) >= 11 is 0. The van der Waals surface area contributed by atoms with Gasteiger partial charge in [-0.1, -0.05) is 18.2 Å². The van der Waals surface area contributed by atoms with Crippen molar-refractivity contribution in [3.63, 3.8) is 0 Å². The maximum atomic E-state index is 12.1. The van der Waals surface area contributed by atoms with E-state index in [0.717, 1.165) is 16.8 Å². The number of ether oxygens (including phenoxy) is 2. The molecule has 0 aliphatic carbocycles. The first-order valence-corrected chi connectivity index (χ1v) is 10.8. The quantitative estimate of drug-likeness (QED) is 0.312. The molecule has 1 aliphatic rings. The first kappa shape index (κ1) is 21.4. The molecule has 3 heterocycles. The molecule has 10 heteroatoms. The van der Waals surface area contributed by atoms with Crippen molar-refractivity contribution in [2.45, 2.75) is 0 Å². The van der Waals surface area contributed by atoms with Gasteiger partial charge in [-0.05, 0) is 36.4 Å². The van der Waals surface area contributed by atoms with E-state index in [0.29, 0.717) is 37.4 Å². The fraction of sp³-hybridized carbons (Fsp3) is 0.208. The van der Waals surface area contributed by atoms with Gasteiger partial charge in [0.25, 0.3) is 0 Å². The van der Waals surface area contributed by atoms with Gasteiger partial charge in [0.15, 0.2) is 5.75 Å². The Morgan fingerprint density at radius 2 is 1.65 bits per heavy atom. The van der Waals surface area contributed by atoms with E-state index in [2.05, 4.69) is 19.9 Å². The number of para-hydroxylation sites is 1. The third kappa shape index (κ3) is 4.13. The van der Waals surface area contributed by atoms with Crippen molar-refractivity contribution in [2.75, 3.05) is 43.1 Å². The SMILES string of the molecule is COc1ccc(N2CCN(c3ncnc(Oc4cccc5cccnc45)c3[N+](=O)[O-])CC2)cc1. The fourth-order valence-electron chi connectivity index (χ4n) is 4.05. The van der Waals surface area contributed by atoms with Gasteiger partial charge in [0.2, 0.25) is 5.82 Å². The zero-order valence-electron chi connectivity index (χ0n) is 18.5. The molecule has 0 radical (unpaired) electrons. The van der Waals surface area contributed by atoms with Crippen LogP contribution in [0.25, 0.3) is 10.9 Å². The molecule has 1 saturated heterocycles. The number of hydrogen-bond donors (Lipinski definition) is 0. The standard InChI is InChI=1S/C24H22N6O4/c1-33-19-9-7-18(8-10-19)28-12-14-29(15-13-28)23-22(30(31)32)24(27-16-26-23)34-20-6-2-4-17-5-3-11-25-21(17)20/h2-11,16H,12-15H2,1H3. The summed E-state index contributed by atoms with van der Waals surface area (Å²) in [6.45, 7) is 2.52. The largest absolute Gasteiger partial charge is 0.497 e. The number of nitro groups is 1. The molecule has 0 atom stereocenters.